The Kier molecular flexibility index (Phi) is 2.77. The van der Waals surface area contributed by atoms with E-state index in [4.69, 9.17) is 16.3 Å². The van der Waals surface area contributed by atoms with E-state index in [0.717, 1.165) is 0 Å². The third kappa shape index (κ3) is 1.84. The molecule has 0 radical (unpaired) electrons. The molecule has 2 rings (SSSR count). The van der Waals surface area contributed by atoms with Crippen LogP contribution in [0.5, 0.6) is 0 Å². The Morgan fingerprint density at radius 2 is 2.06 bits per heavy atom. The van der Waals surface area contributed by atoms with Crippen molar-refractivity contribution in [1.82, 2.24) is 14.5 Å². The number of nitrogen functional groups attached to an aromatic ring is 1. The Hall–Kier alpha value is -2.38. The van der Waals surface area contributed by atoms with Crippen molar-refractivity contribution in [3.05, 3.63) is 34.5 Å². The number of nitriles is 2. The van der Waals surface area contributed by atoms with Crippen molar-refractivity contribution in [3.8, 4) is 18.0 Å². The first kappa shape index (κ1) is 11.1. The second-order valence-electron chi connectivity index (χ2n) is 3.11. The van der Waals surface area contributed by atoms with Crippen molar-refractivity contribution >= 4 is 21.6 Å². The molecular weight excluding hydrogens is 284 g/mol. The lowest BCUT2D eigenvalue weighted by Gasteiger charge is -2.05. The molecule has 6 nitrogen and oxygen atoms in total. The van der Waals surface area contributed by atoms with Gasteiger partial charge in [0, 0.05) is 0 Å². The second kappa shape index (κ2) is 4.24. The van der Waals surface area contributed by atoms with Crippen LogP contribution >= 0.6 is 15.9 Å². The molecule has 0 fully saturated rings. The van der Waals surface area contributed by atoms with Gasteiger partial charge in [0.15, 0.2) is 17.2 Å². The number of nitrogens with two attached hydrogens (primary N) is 1. The van der Waals surface area contributed by atoms with E-state index in [1.807, 2.05) is 12.1 Å². The molecule has 0 aliphatic heterocycles. The average molecular weight is 289 g/mol. The van der Waals surface area contributed by atoms with E-state index in [9.17, 15) is 0 Å². The maximum absolute atomic E-state index is 9.00. The summed E-state index contributed by atoms with van der Waals surface area (Å²) in [6.07, 6.45) is 2.84. The van der Waals surface area contributed by atoms with Crippen LogP contribution in [0.3, 0.4) is 0 Å². The molecule has 0 aromatic carbocycles. The first-order valence-corrected chi connectivity index (χ1v) is 5.25. The molecule has 0 unspecified atom stereocenters. The fourth-order valence-electron chi connectivity index (χ4n) is 1.32. The van der Waals surface area contributed by atoms with Crippen LogP contribution in [0.2, 0.25) is 0 Å². The molecule has 17 heavy (non-hydrogen) atoms. The van der Waals surface area contributed by atoms with Gasteiger partial charge in [0.25, 0.3) is 0 Å². The molecule has 0 aliphatic rings. The number of hydrogen-bond donors (Lipinski definition) is 1. The fourth-order valence-corrected chi connectivity index (χ4v) is 1.88. The van der Waals surface area contributed by atoms with Gasteiger partial charge in [-0.05, 0) is 22.0 Å². The monoisotopic (exact) mass is 288 g/mol. The minimum atomic E-state index is 0.0676. The van der Waals surface area contributed by atoms with Gasteiger partial charge >= 0.3 is 0 Å². The molecule has 0 saturated heterocycles. The van der Waals surface area contributed by atoms with Gasteiger partial charge in [-0.25, -0.2) is 9.97 Å². The summed E-state index contributed by atoms with van der Waals surface area (Å²) in [7, 11) is 0. The molecule has 2 aromatic heterocycles. The third-order valence-electron chi connectivity index (χ3n) is 2.05. The van der Waals surface area contributed by atoms with Crippen molar-refractivity contribution in [1.29, 1.82) is 10.5 Å². The highest BCUT2D eigenvalue weighted by molar-refractivity contribution is 9.10. The van der Waals surface area contributed by atoms with Gasteiger partial charge in [0.05, 0.1) is 16.4 Å². The minimum Gasteiger partial charge on any atom is -0.397 e. The summed E-state index contributed by atoms with van der Waals surface area (Å²) in [6.45, 7) is 0. The van der Waals surface area contributed by atoms with Crippen LogP contribution < -0.4 is 5.73 Å². The van der Waals surface area contributed by atoms with Crippen molar-refractivity contribution < 1.29 is 0 Å². The summed E-state index contributed by atoms with van der Waals surface area (Å²) < 4.78 is 2.05. The fraction of sp³-hybridized carbons (Fsp3) is 0. The molecule has 0 aliphatic carbocycles. The smallest absolute Gasteiger partial charge is 0.177 e. The zero-order valence-corrected chi connectivity index (χ0v) is 10.0. The summed E-state index contributed by atoms with van der Waals surface area (Å²) in [6, 6.07) is 5.43. The zero-order valence-electron chi connectivity index (χ0n) is 8.42. The minimum absolute atomic E-state index is 0.0676. The summed E-state index contributed by atoms with van der Waals surface area (Å²) >= 11 is 3.29. The van der Waals surface area contributed by atoms with E-state index >= 15 is 0 Å². The molecule has 2 N–H and O–H groups in total. The maximum atomic E-state index is 9.00. The van der Waals surface area contributed by atoms with Crippen LogP contribution in [0.25, 0.3) is 5.82 Å². The molecular formula is C10H5BrN6. The highest BCUT2D eigenvalue weighted by Crippen LogP contribution is 2.22. The highest BCUT2D eigenvalue weighted by atomic mass is 79.9. The molecule has 2 heterocycles. The van der Waals surface area contributed by atoms with Crippen LogP contribution in [-0.4, -0.2) is 14.5 Å². The number of halogens is 1. The van der Waals surface area contributed by atoms with Crippen LogP contribution in [-0.2, 0) is 0 Å². The van der Waals surface area contributed by atoms with Crippen molar-refractivity contribution in [2.24, 2.45) is 0 Å². The summed E-state index contributed by atoms with van der Waals surface area (Å²) in [5.41, 5.74) is 6.28. The van der Waals surface area contributed by atoms with Gasteiger partial charge in [-0.2, -0.15) is 10.5 Å². The Morgan fingerprint density at radius 1 is 1.29 bits per heavy atom. The van der Waals surface area contributed by atoms with Crippen LogP contribution in [0.4, 0.5) is 5.69 Å². The standard InChI is InChI=1S/C10H5BrN6/c11-7-1-6(14)4-15-10(7)17-5-16-8(2-12)9(17)3-13/h1,4-5H,14H2. The van der Waals surface area contributed by atoms with E-state index in [1.54, 1.807) is 6.07 Å². The predicted molar refractivity (Wildman–Crippen MR) is 62.9 cm³/mol. The van der Waals surface area contributed by atoms with E-state index in [1.165, 1.54) is 17.1 Å². The molecule has 0 amide bonds. The lowest BCUT2D eigenvalue weighted by molar-refractivity contribution is 0.969. The summed E-state index contributed by atoms with van der Waals surface area (Å²) in [5, 5.41) is 17.8. The molecule has 82 valence electrons. The molecule has 0 spiro atoms. The van der Waals surface area contributed by atoms with Gasteiger partial charge in [-0.3, -0.25) is 4.57 Å². The number of hydrogen-bond acceptors (Lipinski definition) is 5. The molecule has 0 atom stereocenters. The van der Waals surface area contributed by atoms with Crippen molar-refractivity contribution in [3.63, 3.8) is 0 Å². The van der Waals surface area contributed by atoms with Gasteiger partial charge in [-0.15, -0.1) is 0 Å². The highest BCUT2D eigenvalue weighted by Gasteiger charge is 2.14. The van der Waals surface area contributed by atoms with Crippen molar-refractivity contribution in [2.75, 3.05) is 5.73 Å². The summed E-state index contributed by atoms with van der Waals surface area (Å²) in [5.74, 6) is 0.463. The second-order valence-corrected chi connectivity index (χ2v) is 3.96. The lowest BCUT2D eigenvalue weighted by Crippen LogP contribution is -2.01. The van der Waals surface area contributed by atoms with E-state index in [-0.39, 0.29) is 11.4 Å². The molecule has 2 aromatic rings. The lowest BCUT2D eigenvalue weighted by atomic mass is 10.3. The van der Waals surface area contributed by atoms with E-state index < -0.39 is 0 Å². The van der Waals surface area contributed by atoms with E-state index in [2.05, 4.69) is 25.9 Å². The Morgan fingerprint density at radius 3 is 2.65 bits per heavy atom. The third-order valence-corrected chi connectivity index (χ3v) is 2.63. The molecule has 0 bridgehead atoms. The Bertz CT molecular complexity index is 660. The number of nitrogens with zero attached hydrogens (tertiary/aromatic N) is 5. The Balaban J connectivity index is 2.66. The first-order chi connectivity index (χ1) is 8.17. The number of rotatable bonds is 1. The van der Waals surface area contributed by atoms with E-state index in [0.29, 0.717) is 16.0 Å². The number of anilines is 1. The zero-order chi connectivity index (χ0) is 12.4. The predicted octanol–water partition coefficient (Wildman–Crippen LogP) is 1.36. The van der Waals surface area contributed by atoms with Gasteiger partial charge in [0.2, 0.25) is 0 Å². The summed E-state index contributed by atoms with van der Waals surface area (Å²) in [4.78, 5) is 7.93. The maximum Gasteiger partial charge on any atom is 0.177 e. The van der Waals surface area contributed by atoms with Gasteiger partial charge in [-0.1, -0.05) is 0 Å². The average Bonchev–Trinajstić information content (AvgIpc) is 2.71. The quantitative estimate of drug-likeness (QED) is 0.853. The van der Waals surface area contributed by atoms with Crippen LogP contribution in [0.15, 0.2) is 23.1 Å². The normalized spacial score (nSPS) is 9.59. The number of imidazole rings is 1. The Labute approximate surface area is 105 Å². The number of aromatic nitrogens is 3. The number of pyridine rings is 1. The SMILES string of the molecule is N#Cc1ncn(-c2ncc(N)cc2Br)c1C#N. The molecule has 7 heteroatoms. The molecule has 0 saturated carbocycles. The topological polar surface area (TPSA) is 104 Å². The van der Waals surface area contributed by atoms with Gasteiger partial charge < -0.3 is 5.73 Å². The first-order valence-electron chi connectivity index (χ1n) is 4.46. The van der Waals surface area contributed by atoms with Crippen LogP contribution in [0.1, 0.15) is 11.4 Å². The van der Waals surface area contributed by atoms with Gasteiger partial charge in [0.1, 0.15) is 18.5 Å². The van der Waals surface area contributed by atoms with Crippen molar-refractivity contribution in [2.45, 2.75) is 0 Å². The largest absolute Gasteiger partial charge is 0.397 e. The van der Waals surface area contributed by atoms with Crippen LogP contribution in [0, 0.1) is 22.7 Å².